The van der Waals surface area contributed by atoms with E-state index in [1.54, 1.807) is 5.57 Å². The number of hydrogen-bond acceptors (Lipinski definition) is 0. The molecule has 1 radical (unpaired) electrons. The molecule has 1 aliphatic carbocycles. The van der Waals surface area contributed by atoms with Crippen molar-refractivity contribution in [2.45, 2.75) is 47.0 Å². The van der Waals surface area contributed by atoms with Crippen molar-refractivity contribution < 1.29 is 19.5 Å². The first kappa shape index (κ1) is 14.1. The van der Waals surface area contributed by atoms with Gasteiger partial charge in [0.1, 0.15) is 0 Å². The van der Waals surface area contributed by atoms with Gasteiger partial charge >= 0.3 is 19.5 Å². The summed E-state index contributed by atoms with van der Waals surface area (Å²) in [4.78, 5) is 0. The summed E-state index contributed by atoms with van der Waals surface area (Å²) < 4.78 is 0. The maximum atomic E-state index is 3.47. The molecule has 81 valence electrons. The molecule has 0 aromatic carbocycles. The van der Waals surface area contributed by atoms with Gasteiger partial charge in [-0.1, -0.05) is 46.5 Å². The third kappa shape index (κ3) is 4.55. The van der Waals surface area contributed by atoms with Crippen LogP contribution in [0.4, 0.5) is 0 Å². The second-order valence-corrected chi connectivity index (χ2v) is 4.78. The minimum absolute atomic E-state index is 0. The molecule has 1 heteroatoms. The Kier molecular flexibility index (Phi) is 6.61. The monoisotopic (exact) mass is 279 g/mol. The van der Waals surface area contributed by atoms with Gasteiger partial charge in [0.2, 0.25) is 0 Å². The fraction of sp³-hybridized carbons (Fsp3) is 0.692. The normalized spacial score (nSPS) is 15.6. The van der Waals surface area contributed by atoms with Crippen molar-refractivity contribution in [1.82, 2.24) is 0 Å². The van der Waals surface area contributed by atoms with Crippen molar-refractivity contribution in [2.75, 3.05) is 0 Å². The summed E-state index contributed by atoms with van der Waals surface area (Å²) in [5, 5.41) is 0. The van der Waals surface area contributed by atoms with Gasteiger partial charge in [-0.3, -0.25) is 6.08 Å². The van der Waals surface area contributed by atoms with Crippen LogP contribution in [0.3, 0.4) is 0 Å². The van der Waals surface area contributed by atoms with Crippen LogP contribution in [-0.2, 0) is 19.5 Å². The molecule has 0 saturated heterocycles. The summed E-state index contributed by atoms with van der Waals surface area (Å²) in [5.41, 5.74) is 3.05. The van der Waals surface area contributed by atoms with Crippen molar-refractivity contribution in [1.29, 1.82) is 0 Å². The van der Waals surface area contributed by atoms with Crippen molar-refractivity contribution in [3.63, 3.8) is 0 Å². The molecule has 0 saturated carbocycles. The Hall–Kier alpha value is 0.103. The minimum Gasteiger partial charge on any atom is -0.269 e. The van der Waals surface area contributed by atoms with E-state index < -0.39 is 0 Å². The standard InChI is InChI=1S/C13H21.Ru/c1-10(2)8-12-6-5-7-13(12)9-11(3)4;/h6,10-11H,5,8-9H2,1-4H3;/q-1;+1. The molecule has 1 rings (SSSR count). The van der Waals surface area contributed by atoms with Crippen LogP contribution < -0.4 is 0 Å². The first-order valence-corrected chi connectivity index (χ1v) is 5.38. The van der Waals surface area contributed by atoms with Crippen molar-refractivity contribution >= 4 is 0 Å². The van der Waals surface area contributed by atoms with Gasteiger partial charge < -0.3 is 0 Å². The van der Waals surface area contributed by atoms with Gasteiger partial charge in [-0.15, -0.1) is 6.42 Å². The molecular formula is C13H21Ru. The summed E-state index contributed by atoms with van der Waals surface area (Å²) >= 11 is 0. The fourth-order valence-corrected chi connectivity index (χ4v) is 1.79. The maximum absolute atomic E-state index is 3.47. The average Bonchev–Trinajstić information content (AvgIpc) is 2.34. The van der Waals surface area contributed by atoms with Crippen LogP contribution in [0.25, 0.3) is 0 Å². The van der Waals surface area contributed by atoms with Gasteiger partial charge in [-0.2, -0.15) is 11.6 Å². The molecule has 0 fully saturated rings. The Morgan fingerprint density at radius 2 is 1.71 bits per heavy atom. The van der Waals surface area contributed by atoms with E-state index in [0.717, 1.165) is 18.3 Å². The van der Waals surface area contributed by atoms with Crippen LogP contribution in [0.15, 0.2) is 17.2 Å². The number of hydrogen-bond donors (Lipinski definition) is 0. The predicted molar refractivity (Wildman–Crippen MR) is 58.4 cm³/mol. The fourth-order valence-electron chi connectivity index (χ4n) is 1.79. The first-order chi connectivity index (χ1) is 6.09. The van der Waals surface area contributed by atoms with Crippen LogP contribution in [0.1, 0.15) is 47.0 Å². The second kappa shape index (κ2) is 6.56. The Morgan fingerprint density at radius 1 is 1.14 bits per heavy atom. The SMILES string of the molecule is CC(C)CC1=[C-]CC=C1CC(C)C.[Ru+]. The van der Waals surface area contributed by atoms with E-state index in [-0.39, 0.29) is 19.5 Å². The topological polar surface area (TPSA) is 0 Å². The van der Waals surface area contributed by atoms with E-state index in [1.165, 1.54) is 18.4 Å². The molecular weight excluding hydrogens is 257 g/mol. The molecule has 0 bridgehead atoms. The zero-order valence-electron chi connectivity index (χ0n) is 9.71. The van der Waals surface area contributed by atoms with Gasteiger partial charge in [-0.05, 0) is 5.92 Å². The van der Waals surface area contributed by atoms with E-state index in [1.807, 2.05) is 0 Å². The van der Waals surface area contributed by atoms with E-state index in [4.69, 9.17) is 0 Å². The van der Waals surface area contributed by atoms with Crippen LogP contribution in [0, 0.1) is 17.9 Å². The van der Waals surface area contributed by atoms with Gasteiger partial charge in [-0.25, -0.2) is 5.57 Å². The van der Waals surface area contributed by atoms with Crippen molar-refractivity contribution in [2.24, 2.45) is 11.8 Å². The van der Waals surface area contributed by atoms with E-state index >= 15 is 0 Å². The molecule has 0 N–H and O–H groups in total. The summed E-state index contributed by atoms with van der Waals surface area (Å²) in [6, 6.07) is 0. The molecule has 0 amide bonds. The van der Waals surface area contributed by atoms with E-state index in [0.29, 0.717) is 0 Å². The molecule has 0 spiro atoms. The summed E-state index contributed by atoms with van der Waals surface area (Å²) in [5.74, 6) is 1.53. The molecule has 0 aliphatic heterocycles. The molecule has 1 aliphatic rings. The summed E-state index contributed by atoms with van der Waals surface area (Å²) in [7, 11) is 0. The molecule has 0 atom stereocenters. The van der Waals surface area contributed by atoms with Gasteiger partial charge in [0.05, 0.1) is 0 Å². The Morgan fingerprint density at radius 3 is 2.21 bits per heavy atom. The Labute approximate surface area is 102 Å². The zero-order chi connectivity index (χ0) is 9.84. The second-order valence-electron chi connectivity index (χ2n) is 4.78. The predicted octanol–water partition coefficient (Wildman–Crippen LogP) is 4.14. The van der Waals surface area contributed by atoms with Crippen LogP contribution >= 0.6 is 0 Å². The summed E-state index contributed by atoms with van der Waals surface area (Å²) in [6.07, 6.45) is 9.30. The molecule has 0 unspecified atom stereocenters. The smallest absolute Gasteiger partial charge is 0.269 e. The number of allylic oxidation sites excluding steroid dienone is 4. The largest absolute Gasteiger partial charge is 1.00 e. The summed E-state index contributed by atoms with van der Waals surface area (Å²) in [6.45, 7) is 9.12. The first-order valence-electron chi connectivity index (χ1n) is 5.38. The van der Waals surface area contributed by atoms with Gasteiger partial charge in [0, 0.05) is 0 Å². The van der Waals surface area contributed by atoms with Crippen molar-refractivity contribution in [3.05, 3.63) is 23.3 Å². The van der Waals surface area contributed by atoms with Crippen LogP contribution in [0.5, 0.6) is 0 Å². The molecule has 0 aromatic rings. The number of rotatable bonds is 4. The molecule has 0 heterocycles. The average molecular weight is 278 g/mol. The van der Waals surface area contributed by atoms with Crippen LogP contribution in [-0.4, -0.2) is 0 Å². The van der Waals surface area contributed by atoms with Crippen LogP contribution in [0.2, 0.25) is 0 Å². The minimum atomic E-state index is 0. The zero-order valence-corrected chi connectivity index (χ0v) is 11.4. The molecule has 14 heavy (non-hydrogen) atoms. The van der Waals surface area contributed by atoms with Gasteiger partial charge in [0.25, 0.3) is 0 Å². The van der Waals surface area contributed by atoms with Crippen molar-refractivity contribution in [3.8, 4) is 0 Å². The van der Waals surface area contributed by atoms with E-state index in [9.17, 15) is 0 Å². The third-order valence-corrected chi connectivity index (χ3v) is 2.29. The van der Waals surface area contributed by atoms with E-state index in [2.05, 4.69) is 39.8 Å². The molecule has 0 aromatic heterocycles. The van der Waals surface area contributed by atoms with Gasteiger partial charge in [0.15, 0.2) is 0 Å². The quantitative estimate of drug-likeness (QED) is 0.535. The Bertz CT molecular complexity index is 197. The maximum Gasteiger partial charge on any atom is 1.00 e. The Balaban J connectivity index is 0.00000169. The third-order valence-electron chi connectivity index (χ3n) is 2.29. The molecule has 0 nitrogen and oxygen atoms in total.